The molecule has 1 atom stereocenters. The van der Waals surface area contributed by atoms with Gasteiger partial charge in [-0.1, -0.05) is 0 Å². The van der Waals surface area contributed by atoms with Crippen molar-refractivity contribution in [1.82, 2.24) is 0 Å². The first-order chi connectivity index (χ1) is 9.65. The van der Waals surface area contributed by atoms with Gasteiger partial charge in [0.15, 0.2) is 0 Å². The van der Waals surface area contributed by atoms with Crippen molar-refractivity contribution in [2.45, 2.75) is 78.6 Å². The molecule has 3 heteroatoms. The molecule has 1 unspecified atom stereocenters. The second kappa shape index (κ2) is 9.64. The molecule has 0 radical (unpaired) electrons. The van der Waals surface area contributed by atoms with E-state index in [0.717, 1.165) is 32.1 Å². The molecule has 0 saturated carbocycles. The van der Waals surface area contributed by atoms with E-state index in [1.54, 1.807) is 0 Å². The number of allylic oxidation sites excluding steroid dienone is 3. The zero-order valence-corrected chi connectivity index (χ0v) is 16.7. The Morgan fingerprint density at radius 2 is 1.55 bits per heavy atom. The predicted molar refractivity (Wildman–Crippen MR) is 88.9 cm³/mol. The van der Waals surface area contributed by atoms with E-state index >= 15 is 0 Å². The van der Waals surface area contributed by atoms with Crippen LogP contribution in [0.25, 0.3) is 0 Å². The van der Waals surface area contributed by atoms with Gasteiger partial charge in [0.05, 0.1) is 0 Å². The monoisotopic (exact) mass is 386 g/mol. The van der Waals surface area contributed by atoms with Crippen molar-refractivity contribution >= 4 is 23.7 Å². The number of unbranched alkanes of at least 4 members (excludes halogenated alkanes) is 3. The van der Waals surface area contributed by atoms with Gasteiger partial charge in [-0.3, -0.25) is 0 Å². The molecule has 0 bridgehead atoms. The van der Waals surface area contributed by atoms with Crippen LogP contribution in [0.2, 0.25) is 0 Å². The van der Waals surface area contributed by atoms with Gasteiger partial charge in [-0.15, -0.1) is 0 Å². The van der Waals surface area contributed by atoms with Gasteiger partial charge in [-0.25, -0.2) is 0 Å². The van der Waals surface area contributed by atoms with Crippen molar-refractivity contribution in [2.24, 2.45) is 0 Å². The number of carboxylic acid groups (broad SMARTS) is 1. The second-order valence-electron chi connectivity index (χ2n) is 5.82. The standard InChI is InChI=1S/C16H28.CHO2.Sn.H/c1-5-8-11-14-16(13-10-7-3)15(4)12-9-6-2;2-1-3;;/h4H,5-13H2,1-3H3;(H,2,3);;. The van der Waals surface area contributed by atoms with Gasteiger partial charge in [0.1, 0.15) is 0 Å². The molecular weight excluding hydrogens is 355 g/mol. The Kier molecular flexibility index (Phi) is 8.58. The van der Waals surface area contributed by atoms with Crippen LogP contribution in [0.5, 0.6) is 0 Å². The Morgan fingerprint density at radius 3 is 2.10 bits per heavy atom. The van der Waals surface area contributed by atoms with E-state index in [2.05, 4.69) is 24.9 Å². The molecule has 114 valence electrons. The predicted octanol–water partition coefficient (Wildman–Crippen LogP) is 5.36. The van der Waals surface area contributed by atoms with Gasteiger partial charge in [-0.2, -0.15) is 0 Å². The van der Waals surface area contributed by atoms with Gasteiger partial charge in [0, 0.05) is 0 Å². The summed E-state index contributed by atoms with van der Waals surface area (Å²) in [5, 5.41) is 9.58. The summed E-state index contributed by atoms with van der Waals surface area (Å²) >= 11 is -2.65. The van der Waals surface area contributed by atoms with Crippen LogP contribution in [0.1, 0.15) is 78.6 Å². The fourth-order valence-corrected chi connectivity index (χ4v) is 10.5. The number of hydrogen-bond acceptors (Lipinski definition) is 1. The molecule has 0 aliphatic carbocycles. The minimum absolute atomic E-state index is 0.460. The Morgan fingerprint density at radius 1 is 1.00 bits per heavy atom. The van der Waals surface area contributed by atoms with E-state index in [4.69, 9.17) is 0 Å². The van der Waals surface area contributed by atoms with E-state index in [-0.39, 0.29) is 0 Å². The number of rotatable bonds is 10. The molecule has 1 rings (SSSR count). The molecule has 1 heterocycles. The number of hydrogen-bond donors (Lipinski definition) is 1. The Bertz CT molecular complexity index is 382. The van der Waals surface area contributed by atoms with Gasteiger partial charge in [0.2, 0.25) is 0 Å². The van der Waals surface area contributed by atoms with Crippen molar-refractivity contribution in [2.75, 3.05) is 0 Å². The third-order valence-corrected chi connectivity index (χ3v) is 11.7. The first kappa shape index (κ1) is 17.8. The molecule has 0 aromatic carbocycles. The first-order valence-corrected chi connectivity index (χ1v) is 13.5. The van der Waals surface area contributed by atoms with Crippen LogP contribution < -0.4 is 0 Å². The van der Waals surface area contributed by atoms with Crippen LogP contribution >= 0.6 is 0 Å². The maximum atomic E-state index is 11.6. The van der Waals surface area contributed by atoms with E-state index < -0.39 is 23.7 Å². The van der Waals surface area contributed by atoms with E-state index in [0.29, 0.717) is 0 Å². The van der Waals surface area contributed by atoms with Crippen molar-refractivity contribution in [3.63, 3.8) is 0 Å². The van der Waals surface area contributed by atoms with Crippen LogP contribution in [-0.4, -0.2) is 28.9 Å². The van der Waals surface area contributed by atoms with Gasteiger partial charge >= 0.3 is 131 Å². The molecule has 0 amide bonds. The summed E-state index contributed by atoms with van der Waals surface area (Å²) < 4.78 is 3.20. The molecule has 1 N–H and O–H groups in total. The molecule has 0 saturated heterocycles. The zero-order valence-electron chi connectivity index (χ0n) is 13.4. The Labute approximate surface area is 131 Å². The normalized spacial score (nSPS) is 18.6. The fraction of sp³-hybridized carbons (Fsp3) is 0.706. The molecule has 0 aromatic heterocycles. The minimum atomic E-state index is -2.65. The first-order valence-electron chi connectivity index (χ1n) is 8.31. The second-order valence-corrected chi connectivity index (χ2v) is 12.9. The van der Waals surface area contributed by atoms with Crippen molar-refractivity contribution in [3.8, 4) is 0 Å². The molecule has 0 spiro atoms. The molecule has 1 aliphatic heterocycles. The van der Waals surface area contributed by atoms with E-state index in [1.165, 1.54) is 40.4 Å². The van der Waals surface area contributed by atoms with Crippen LogP contribution in [0, 0.1) is 0 Å². The van der Waals surface area contributed by atoms with E-state index in [9.17, 15) is 9.90 Å². The fourth-order valence-electron chi connectivity index (χ4n) is 2.97. The zero-order chi connectivity index (χ0) is 15.0. The third-order valence-electron chi connectivity index (χ3n) is 4.16. The Balaban J connectivity index is 2.97. The third kappa shape index (κ3) is 4.94. The summed E-state index contributed by atoms with van der Waals surface area (Å²) in [7, 11) is 0. The summed E-state index contributed by atoms with van der Waals surface area (Å²) in [6, 6.07) is 0. The van der Waals surface area contributed by atoms with Crippen LogP contribution in [0.3, 0.4) is 0 Å². The maximum absolute atomic E-state index is 11.6. The quantitative estimate of drug-likeness (QED) is 0.515. The van der Waals surface area contributed by atoms with Crippen LogP contribution in [-0.2, 0) is 0 Å². The Hall–Kier alpha value is -0.251. The summed E-state index contributed by atoms with van der Waals surface area (Å²) in [5.74, 6) is 0. The molecule has 1 aliphatic rings. The van der Waals surface area contributed by atoms with Crippen molar-refractivity contribution < 1.29 is 9.90 Å². The summed E-state index contributed by atoms with van der Waals surface area (Å²) in [6.07, 6.45) is 10.4. The van der Waals surface area contributed by atoms with Gasteiger partial charge < -0.3 is 0 Å². The topological polar surface area (TPSA) is 37.3 Å². The van der Waals surface area contributed by atoms with Gasteiger partial charge in [-0.05, 0) is 0 Å². The van der Waals surface area contributed by atoms with Crippen molar-refractivity contribution in [3.05, 3.63) is 18.8 Å². The van der Waals surface area contributed by atoms with Crippen molar-refractivity contribution in [1.29, 1.82) is 0 Å². The number of carbonyl (C=O) groups is 1. The average molecular weight is 385 g/mol. The SMILES string of the molecule is CCCCC1=[CH][SnH]([C](=O)O)[C](CCCC)=C1CCCC. The molecule has 0 fully saturated rings. The molecule has 20 heavy (non-hydrogen) atoms. The van der Waals surface area contributed by atoms with Gasteiger partial charge in [0.25, 0.3) is 0 Å². The summed E-state index contributed by atoms with van der Waals surface area (Å²) in [5.41, 5.74) is 2.91. The average Bonchev–Trinajstić information content (AvgIpc) is 2.78. The van der Waals surface area contributed by atoms with E-state index in [1.807, 2.05) is 0 Å². The molecule has 2 nitrogen and oxygen atoms in total. The summed E-state index contributed by atoms with van der Waals surface area (Å²) in [6.45, 7) is 6.62. The molecule has 0 aromatic rings. The summed E-state index contributed by atoms with van der Waals surface area (Å²) in [4.78, 5) is 11.6. The molecular formula is C17H30O2Sn. The van der Waals surface area contributed by atoms with Crippen LogP contribution in [0.4, 0.5) is 4.79 Å². The van der Waals surface area contributed by atoms with Crippen LogP contribution in [0.15, 0.2) is 18.8 Å².